The molecule has 4 aromatic rings. The van der Waals surface area contributed by atoms with Gasteiger partial charge in [-0.3, -0.25) is 24.6 Å². The van der Waals surface area contributed by atoms with Gasteiger partial charge in [-0.1, -0.05) is 18.2 Å². The Balaban J connectivity index is 0.747. The molecule has 0 spiro atoms. The molecule has 5 aliphatic heterocycles. The van der Waals surface area contributed by atoms with E-state index >= 15 is 4.39 Å². The SMILES string of the molecule is Cc1c(N2CCc3cnc(Nc4ccc(CC(=O)N5CCN(C6CN(c7ccc(C8CCC(=O)NC8=O)cc7)C6)CC5)c(F)c4)cc3C2)cnc2c1NCCO2. The minimum atomic E-state index is -0.418. The molecule has 0 saturated carbocycles. The van der Waals surface area contributed by atoms with E-state index in [0.29, 0.717) is 68.1 Å². The van der Waals surface area contributed by atoms with Crippen molar-refractivity contribution in [1.29, 1.82) is 0 Å². The standard InChI is InChI=1S/C42H46FN9O4/c1-26-36(22-46-42-40(26)44-11-17-56-42)51-12-10-29-21-45-37(18-30(29)23-51)47-31-5-2-28(35(43)20-31)19-39(54)50-15-13-49(14-16-50)33-24-52(25-33)32-6-3-27(4-7-32)34-8-9-38(53)48-41(34)55/h2-7,18,20-22,33-34,44H,8-17,19,23-25H2,1H3,(H,45,47)(H,48,53,55). The van der Waals surface area contributed by atoms with Crippen LogP contribution < -0.4 is 30.5 Å². The van der Waals surface area contributed by atoms with Gasteiger partial charge < -0.3 is 30.1 Å². The van der Waals surface area contributed by atoms with Gasteiger partial charge in [0, 0.05) is 94.5 Å². The first kappa shape index (κ1) is 35.9. The average Bonchev–Trinajstić information content (AvgIpc) is 3.19. The highest BCUT2D eigenvalue weighted by atomic mass is 19.1. The van der Waals surface area contributed by atoms with Crippen LogP contribution in [0, 0.1) is 12.7 Å². The number of nitrogens with zero attached hydrogens (tertiary/aromatic N) is 6. The predicted molar refractivity (Wildman–Crippen MR) is 211 cm³/mol. The molecular formula is C42H46FN9O4. The molecule has 1 unspecified atom stereocenters. The average molecular weight is 760 g/mol. The summed E-state index contributed by atoms with van der Waals surface area (Å²) in [7, 11) is 0. The number of amides is 3. The lowest BCUT2D eigenvalue weighted by atomic mass is 9.90. The van der Waals surface area contributed by atoms with Crippen molar-refractivity contribution < 1.29 is 23.5 Å². The third kappa shape index (κ3) is 7.20. The van der Waals surface area contributed by atoms with Crippen molar-refractivity contribution in [3.05, 3.63) is 94.6 Å². The summed E-state index contributed by atoms with van der Waals surface area (Å²) in [6.45, 7) is 9.64. The predicted octanol–water partition coefficient (Wildman–Crippen LogP) is 4.13. The minimum absolute atomic E-state index is 0.0175. The third-order valence-corrected chi connectivity index (χ3v) is 12.0. The summed E-state index contributed by atoms with van der Waals surface area (Å²) in [5, 5.41) is 9.13. The Morgan fingerprint density at radius 3 is 2.55 bits per heavy atom. The molecule has 9 rings (SSSR count). The fraction of sp³-hybridized carbons (Fsp3) is 0.405. The maximum atomic E-state index is 15.4. The number of halogens is 1. The van der Waals surface area contributed by atoms with E-state index in [2.05, 4.69) is 59.7 Å². The van der Waals surface area contributed by atoms with Crippen LogP contribution in [0.1, 0.15) is 46.6 Å². The third-order valence-electron chi connectivity index (χ3n) is 12.0. The number of piperazine rings is 1. The lowest BCUT2D eigenvalue weighted by Gasteiger charge is -2.49. The molecule has 0 aliphatic carbocycles. The number of hydrogen-bond donors (Lipinski definition) is 3. The van der Waals surface area contributed by atoms with E-state index < -0.39 is 5.82 Å². The molecule has 1 atom stereocenters. The highest BCUT2D eigenvalue weighted by Gasteiger charge is 2.35. The summed E-state index contributed by atoms with van der Waals surface area (Å²) in [5.41, 5.74) is 8.52. The van der Waals surface area contributed by atoms with Crippen LogP contribution in [0.25, 0.3) is 0 Å². The number of hydrogen-bond acceptors (Lipinski definition) is 11. The number of piperidine rings is 1. The van der Waals surface area contributed by atoms with E-state index in [4.69, 9.17) is 4.74 Å². The monoisotopic (exact) mass is 759 g/mol. The van der Waals surface area contributed by atoms with Crippen molar-refractivity contribution in [1.82, 2.24) is 25.1 Å². The molecule has 0 bridgehead atoms. The molecule has 3 saturated heterocycles. The topological polar surface area (TPSA) is 135 Å². The van der Waals surface area contributed by atoms with Crippen molar-refractivity contribution in [2.24, 2.45) is 0 Å². The smallest absolute Gasteiger partial charge is 0.237 e. The number of carbonyl (C=O) groups is 3. The van der Waals surface area contributed by atoms with E-state index in [1.165, 1.54) is 11.6 Å². The number of imide groups is 1. The Morgan fingerprint density at radius 2 is 1.77 bits per heavy atom. The molecule has 14 heteroatoms. The van der Waals surface area contributed by atoms with E-state index in [-0.39, 0.29) is 30.1 Å². The highest BCUT2D eigenvalue weighted by Crippen LogP contribution is 2.37. The Bertz CT molecular complexity index is 2170. The number of nitrogens with one attached hydrogen (secondary N) is 3. The number of benzene rings is 2. The van der Waals surface area contributed by atoms with Gasteiger partial charge in [-0.15, -0.1) is 0 Å². The molecule has 7 heterocycles. The second kappa shape index (κ2) is 15.1. The van der Waals surface area contributed by atoms with Gasteiger partial charge in [0.2, 0.25) is 23.6 Å². The summed E-state index contributed by atoms with van der Waals surface area (Å²) in [4.78, 5) is 55.1. The van der Waals surface area contributed by atoms with Gasteiger partial charge in [0.25, 0.3) is 0 Å². The number of aromatic nitrogens is 2. The van der Waals surface area contributed by atoms with Crippen LogP contribution in [-0.4, -0.2) is 102 Å². The summed E-state index contributed by atoms with van der Waals surface area (Å²) < 4.78 is 21.1. The zero-order valence-corrected chi connectivity index (χ0v) is 31.5. The Labute approximate surface area is 325 Å². The molecule has 2 aromatic heterocycles. The number of rotatable bonds is 8. The summed E-state index contributed by atoms with van der Waals surface area (Å²) >= 11 is 0. The van der Waals surface area contributed by atoms with Gasteiger partial charge in [-0.2, -0.15) is 0 Å². The van der Waals surface area contributed by atoms with Crippen LogP contribution >= 0.6 is 0 Å². The number of pyridine rings is 2. The van der Waals surface area contributed by atoms with Gasteiger partial charge in [-0.05, 0) is 72.4 Å². The largest absolute Gasteiger partial charge is 0.474 e. The first-order chi connectivity index (χ1) is 27.3. The van der Waals surface area contributed by atoms with Gasteiger partial charge in [0.15, 0.2) is 0 Å². The van der Waals surface area contributed by atoms with Crippen molar-refractivity contribution in [3.8, 4) is 5.88 Å². The minimum Gasteiger partial charge on any atom is -0.474 e. The maximum Gasteiger partial charge on any atom is 0.237 e. The summed E-state index contributed by atoms with van der Waals surface area (Å²) in [5.74, 6) is 0.105. The first-order valence-corrected chi connectivity index (χ1v) is 19.6. The Hall–Kier alpha value is -5.76. The lowest BCUT2D eigenvalue weighted by molar-refractivity contribution is -0.134. The zero-order valence-electron chi connectivity index (χ0n) is 31.5. The van der Waals surface area contributed by atoms with Crippen LogP contribution in [0.3, 0.4) is 0 Å². The number of fused-ring (bicyclic) bond motifs is 2. The van der Waals surface area contributed by atoms with Gasteiger partial charge >= 0.3 is 0 Å². The number of ether oxygens (including phenoxy) is 1. The second-order valence-corrected chi connectivity index (χ2v) is 15.4. The van der Waals surface area contributed by atoms with Crippen molar-refractivity contribution in [3.63, 3.8) is 0 Å². The van der Waals surface area contributed by atoms with Crippen LogP contribution in [-0.2, 0) is 33.8 Å². The van der Waals surface area contributed by atoms with Gasteiger partial charge in [0.05, 0.1) is 24.2 Å². The first-order valence-electron chi connectivity index (χ1n) is 19.6. The molecule has 13 nitrogen and oxygen atoms in total. The molecule has 3 fully saturated rings. The molecule has 56 heavy (non-hydrogen) atoms. The second-order valence-electron chi connectivity index (χ2n) is 15.4. The Morgan fingerprint density at radius 1 is 0.946 bits per heavy atom. The zero-order chi connectivity index (χ0) is 38.3. The molecule has 5 aliphatic rings. The lowest BCUT2D eigenvalue weighted by Crippen LogP contribution is -2.63. The summed E-state index contributed by atoms with van der Waals surface area (Å²) in [6.07, 6.45) is 5.58. The number of carbonyl (C=O) groups excluding carboxylic acids is 3. The van der Waals surface area contributed by atoms with Crippen molar-refractivity contribution in [2.75, 3.05) is 79.4 Å². The molecular weight excluding hydrogens is 714 g/mol. The molecule has 290 valence electrons. The van der Waals surface area contributed by atoms with Crippen LogP contribution in [0.2, 0.25) is 0 Å². The fourth-order valence-corrected chi connectivity index (χ4v) is 8.60. The van der Waals surface area contributed by atoms with Gasteiger partial charge in [-0.25, -0.2) is 14.4 Å². The van der Waals surface area contributed by atoms with E-state index in [0.717, 1.165) is 79.4 Å². The van der Waals surface area contributed by atoms with Gasteiger partial charge in [0.1, 0.15) is 23.9 Å². The van der Waals surface area contributed by atoms with Crippen molar-refractivity contribution in [2.45, 2.75) is 51.1 Å². The maximum absolute atomic E-state index is 15.4. The highest BCUT2D eigenvalue weighted by molar-refractivity contribution is 6.01. The normalized spacial score (nSPS) is 20.0. The number of anilines is 5. The summed E-state index contributed by atoms with van der Waals surface area (Å²) in [6, 6.07) is 15.5. The molecule has 3 N–H and O–H groups in total. The van der Waals surface area contributed by atoms with E-state index in [1.807, 2.05) is 35.5 Å². The molecule has 3 amide bonds. The Kier molecular flexibility index (Phi) is 9.66. The fourth-order valence-electron chi connectivity index (χ4n) is 8.60. The van der Waals surface area contributed by atoms with E-state index in [1.54, 1.807) is 12.1 Å². The molecule has 0 radical (unpaired) electrons. The van der Waals surface area contributed by atoms with Crippen LogP contribution in [0.15, 0.2) is 60.9 Å². The molecule has 2 aromatic carbocycles. The van der Waals surface area contributed by atoms with Crippen molar-refractivity contribution >= 4 is 46.3 Å². The van der Waals surface area contributed by atoms with Crippen LogP contribution in [0.4, 0.5) is 33.0 Å². The van der Waals surface area contributed by atoms with E-state index in [9.17, 15) is 14.4 Å². The van der Waals surface area contributed by atoms with Crippen LogP contribution in [0.5, 0.6) is 5.88 Å². The quantitative estimate of drug-likeness (QED) is 0.224.